The van der Waals surface area contributed by atoms with Gasteiger partial charge in [0.05, 0.1) is 18.2 Å². The van der Waals surface area contributed by atoms with E-state index in [0.29, 0.717) is 18.7 Å². The second-order valence-corrected chi connectivity index (χ2v) is 9.48. The molecule has 2 aromatic rings. The third-order valence-corrected chi connectivity index (χ3v) is 6.64. The van der Waals surface area contributed by atoms with E-state index in [1.165, 1.54) is 6.20 Å². The monoisotopic (exact) mass is 465 g/mol. The van der Waals surface area contributed by atoms with Crippen molar-refractivity contribution >= 4 is 0 Å². The summed E-state index contributed by atoms with van der Waals surface area (Å²) in [6, 6.07) is 0. The fourth-order valence-electron chi connectivity index (χ4n) is 4.13. The lowest BCUT2D eigenvalue weighted by Crippen LogP contribution is -2.59. The molecule has 0 N–H and O–H groups in total. The van der Waals surface area contributed by atoms with Crippen LogP contribution in [0.25, 0.3) is 0 Å². The zero-order valence-corrected chi connectivity index (χ0v) is 18.2. The molecular formula is C20H27F6N6+. The van der Waals surface area contributed by atoms with Gasteiger partial charge in [-0.3, -0.25) is 4.68 Å². The summed E-state index contributed by atoms with van der Waals surface area (Å²) < 4.78 is 83.7. The molecule has 2 fully saturated rings. The van der Waals surface area contributed by atoms with Crippen LogP contribution in [0.1, 0.15) is 63.3 Å². The first-order chi connectivity index (χ1) is 14.8. The first kappa shape index (κ1) is 23.0. The molecule has 3 unspecified atom stereocenters. The van der Waals surface area contributed by atoms with E-state index in [2.05, 4.69) is 15.4 Å². The fourth-order valence-corrected chi connectivity index (χ4v) is 4.13. The summed E-state index contributed by atoms with van der Waals surface area (Å²) in [5, 5.41) is 12.3. The van der Waals surface area contributed by atoms with Gasteiger partial charge < -0.3 is 0 Å². The molecule has 32 heavy (non-hydrogen) atoms. The van der Waals surface area contributed by atoms with Crippen LogP contribution in [0.2, 0.25) is 0 Å². The summed E-state index contributed by atoms with van der Waals surface area (Å²) in [6.07, 6.45) is 2.74. The number of rotatable bonds is 8. The van der Waals surface area contributed by atoms with E-state index in [9.17, 15) is 26.3 Å². The molecular weight excluding hydrogens is 438 g/mol. The van der Waals surface area contributed by atoms with Crippen LogP contribution in [0.3, 0.4) is 0 Å². The molecule has 0 spiro atoms. The van der Waals surface area contributed by atoms with Gasteiger partial charge in [-0.25, -0.2) is 8.78 Å². The minimum absolute atomic E-state index is 0.101. The van der Waals surface area contributed by atoms with Crippen molar-refractivity contribution in [1.82, 2.24) is 24.9 Å². The Labute approximate surface area is 181 Å². The summed E-state index contributed by atoms with van der Waals surface area (Å²) >= 11 is 0. The number of aromatic nitrogens is 6. The number of hydrogen-bond donors (Lipinski definition) is 0. The molecule has 4 rings (SSSR count). The van der Waals surface area contributed by atoms with Gasteiger partial charge in [0.2, 0.25) is 5.69 Å². The van der Waals surface area contributed by atoms with E-state index in [-0.39, 0.29) is 31.3 Å². The summed E-state index contributed by atoms with van der Waals surface area (Å²) in [4.78, 5) is 1.56. The highest BCUT2D eigenvalue weighted by molar-refractivity contribution is 5.05. The maximum Gasteiger partial charge on any atom is 0.314 e. The van der Waals surface area contributed by atoms with E-state index >= 15 is 0 Å². The van der Waals surface area contributed by atoms with Gasteiger partial charge in [-0.05, 0) is 11.2 Å². The van der Waals surface area contributed by atoms with Crippen molar-refractivity contribution in [3.05, 3.63) is 23.8 Å². The van der Waals surface area contributed by atoms with Crippen LogP contribution in [0.4, 0.5) is 26.3 Å². The molecule has 2 aliphatic carbocycles. The first-order valence-electron chi connectivity index (χ1n) is 10.8. The highest BCUT2D eigenvalue weighted by Gasteiger charge is 2.71. The topological polar surface area (TPSA) is 52.4 Å². The van der Waals surface area contributed by atoms with Gasteiger partial charge in [-0.1, -0.05) is 26.0 Å². The maximum absolute atomic E-state index is 13.8. The van der Waals surface area contributed by atoms with E-state index in [0.717, 1.165) is 10.4 Å². The predicted octanol–water partition coefficient (Wildman–Crippen LogP) is 4.03. The van der Waals surface area contributed by atoms with Gasteiger partial charge in [-0.2, -0.15) is 22.2 Å². The normalized spacial score (nSPS) is 26.6. The first-order valence-corrected chi connectivity index (χ1v) is 10.8. The van der Waals surface area contributed by atoms with Crippen LogP contribution >= 0.6 is 0 Å². The molecule has 0 radical (unpaired) electrons. The van der Waals surface area contributed by atoms with Gasteiger partial charge >= 0.3 is 11.8 Å². The molecule has 12 heteroatoms. The quantitative estimate of drug-likeness (QED) is 0.437. The highest BCUT2D eigenvalue weighted by Crippen LogP contribution is 2.55. The SMILES string of the molecule is CC(C)c1c[n+](CC(C)c2cn(CC3CC(F)(F)C3(F)F)nn2)n(CC2CCC2(F)F)n1. The van der Waals surface area contributed by atoms with Crippen LogP contribution in [-0.2, 0) is 19.6 Å². The molecule has 6 nitrogen and oxygen atoms in total. The molecule has 3 atom stereocenters. The smallest absolute Gasteiger partial charge is 0.252 e. The van der Waals surface area contributed by atoms with Crippen molar-refractivity contribution in [2.75, 3.05) is 0 Å². The standard InChI is InChI=1S/C20H27F6N6/c1-12(2)16-11-31(32(28-16)9-14-4-5-18(14,21)22)7-13(3)17-10-30(29-27-17)8-15-6-19(23,24)20(15,25)26/h10-15H,4-9H2,1-3H3/q+1. The Balaban J connectivity index is 1.44. The van der Waals surface area contributed by atoms with E-state index < -0.39 is 36.0 Å². The minimum atomic E-state index is -4.05. The highest BCUT2D eigenvalue weighted by atomic mass is 19.3. The molecule has 2 heterocycles. The summed E-state index contributed by atoms with van der Waals surface area (Å²) in [5.41, 5.74) is 1.27. The largest absolute Gasteiger partial charge is 0.314 e. The Morgan fingerprint density at radius 1 is 1.06 bits per heavy atom. The second-order valence-electron chi connectivity index (χ2n) is 9.48. The third-order valence-electron chi connectivity index (χ3n) is 6.64. The summed E-state index contributed by atoms with van der Waals surface area (Å²) in [5.74, 6) is -13.1. The average molecular weight is 465 g/mol. The van der Waals surface area contributed by atoms with Gasteiger partial charge in [0.15, 0.2) is 6.20 Å². The van der Waals surface area contributed by atoms with Crippen LogP contribution < -0.4 is 4.68 Å². The lowest BCUT2D eigenvalue weighted by Gasteiger charge is -2.43. The second kappa shape index (κ2) is 7.72. The van der Waals surface area contributed by atoms with Crippen LogP contribution in [0, 0.1) is 11.8 Å². The van der Waals surface area contributed by atoms with Gasteiger partial charge in [0.1, 0.15) is 13.1 Å². The van der Waals surface area contributed by atoms with Crippen molar-refractivity contribution in [1.29, 1.82) is 0 Å². The molecule has 2 aliphatic rings. The molecule has 0 bridgehead atoms. The molecule has 0 saturated heterocycles. The Bertz CT molecular complexity index is 968. The van der Waals surface area contributed by atoms with Crippen LogP contribution in [-0.4, -0.2) is 42.7 Å². The third kappa shape index (κ3) is 4.00. The molecule has 0 amide bonds. The lowest BCUT2D eigenvalue weighted by atomic mass is 9.77. The van der Waals surface area contributed by atoms with Gasteiger partial charge in [0.25, 0.3) is 5.92 Å². The zero-order valence-electron chi connectivity index (χ0n) is 18.2. The number of nitrogens with zero attached hydrogens (tertiary/aromatic N) is 6. The minimum Gasteiger partial charge on any atom is -0.252 e. The van der Waals surface area contributed by atoms with Gasteiger partial charge in [-0.15, -0.1) is 5.10 Å². The molecule has 0 aliphatic heterocycles. The molecule has 0 aromatic carbocycles. The van der Waals surface area contributed by atoms with Crippen LogP contribution in [0.5, 0.6) is 0 Å². The molecule has 2 aromatic heterocycles. The lowest BCUT2D eigenvalue weighted by molar-refractivity contribution is -0.783. The average Bonchev–Trinajstić information content (AvgIpc) is 3.32. The van der Waals surface area contributed by atoms with E-state index in [4.69, 9.17) is 0 Å². The Morgan fingerprint density at radius 3 is 2.31 bits per heavy atom. The Morgan fingerprint density at radius 2 is 1.78 bits per heavy atom. The summed E-state index contributed by atoms with van der Waals surface area (Å²) in [6.45, 7) is 5.89. The Kier molecular flexibility index (Phi) is 5.56. The number of hydrogen-bond acceptors (Lipinski definition) is 3. The Hall–Kier alpha value is -2.14. The van der Waals surface area contributed by atoms with Crippen molar-refractivity contribution in [3.8, 4) is 0 Å². The van der Waals surface area contributed by atoms with E-state index in [1.807, 2.05) is 27.0 Å². The van der Waals surface area contributed by atoms with Crippen molar-refractivity contribution < 1.29 is 31.0 Å². The van der Waals surface area contributed by atoms with Crippen molar-refractivity contribution in [2.45, 2.75) is 89.3 Å². The van der Waals surface area contributed by atoms with Gasteiger partial charge in [0, 0.05) is 41.9 Å². The number of halogens is 6. The zero-order chi connectivity index (χ0) is 23.5. The van der Waals surface area contributed by atoms with Crippen molar-refractivity contribution in [2.24, 2.45) is 11.8 Å². The van der Waals surface area contributed by atoms with E-state index in [1.54, 1.807) is 9.48 Å². The van der Waals surface area contributed by atoms with Crippen molar-refractivity contribution in [3.63, 3.8) is 0 Å². The number of alkyl halides is 6. The molecule has 2 saturated carbocycles. The fraction of sp³-hybridized carbons (Fsp3) is 0.800. The van der Waals surface area contributed by atoms with Crippen LogP contribution in [0.15, 0.2) is 12.4 Å². The summed E-state index contributed by atoms with van der Waals surface area (Å²) in [7, 11) is 0. The predicted molar refractivity (Wildman–Crippen MR) is 101 cm³/mol. The maximum atomic E-state index is 13.8. The molecule has 178 valence electrons.